The van der Waals surface area contributed by atoms with Gasteiger partial charge in [-0.2, -0.15) is 0 Å². The standard InChI is InChI=1S/C20H23Cl2N3O2/c1-20(2,3)24-19(26)25-11-15(12-25)27-17(13-6-8-14(21)9-7-13)16-5-4-10-23-18(16)22/h4-10,15,17H,11-12H2,1-3H3,(H,24,26). The predicted octanol–water partition coefficient (Wildman–Crippen LogP) is 4.69. The molecule has 0 aliphatic carbocycles. The first kappa shape index (κ1) is 19.9. The Morgan fingerprint density at radius 2 is 1.89 bits per heavy atom. The maximum atomic E-state index is 12.2. The highest BCUT2D eigenvalue weighted by Crippen LogP contribution is 2.33. The number of ether oxygens (including phenoxy) is 1. The zero-order valence-corrected chi connectivity index (χ0v) is 17.1. The fraction of sp³-hybridized carbons (Fsp3) is 0.400. The van der Waals surface area contributed by atoms with E-state index < -0.39 is 0 Å². The van der Waals surface area contributed by atoms with Crippen molar-refractivity contribution >= 4 is 29.2 Å². The minimum absolute atomic E-state index is 0.0762. The minimum Gasteiger partial charge on any atom is -0.362 e. The van der Waals surface area contributed by atoms with Crippen LogP contribution in [0.2, 0.25) is 10.2 Å². The van der Waals surface area contributed by atoms with E-state index in [4.69, 9.17) is 27.9 Å². The molecule has 0 saturated carbocycles. The topological polar surface area (TPSA) is 54.5 Å². The number of amides is 2. The van der Waals surface area contributed by atoms with E-state index in [0.717, 1.165) is 11.1 Å². The number of carbonyl (C=O) groups excluding carboxylic acids is 1. The molecule has 144 valence electrons. The Kier molecular flexibility index (Phi) is 5.94. The molecule has 0 spiro atoms. The monoisotopic (exact) mass is 407 g/mol. The van der Waals surface area contributed by atoms with E-state index in [9.17, 15) is 4.79 Å². The van der Waals surface area contributed by atoms with Gasteiger partial charge in [0.1, 0.15) is 11.3 Å². The number of rotatable bonds is 4. The highest BCUT2D eigenvalue weighted by atomic mass is 35.5. The Morgan fingerprint density at radius 3 is 2.48 bits per heavy atom. The third-order valence-corrected chi connectivity index (χ3v) is 4.76. The summed E-state index contributed by atoms with van der Waals surface area (Å²) < 4.78 is 6.30. The van der Waals surface area contributed by atoms with Gasteiger partial charge in [0, 0.05) is 22.3 Å². The van der Waals surface area contributed by atoms with Crippen molar-refractivity contribution in [1.82, 2.24) is 15.2 Å². The summed E-state index contributed by atoms with van der Waals surface area (Å²) in [6.45, 7) is 6.94. The predicted molar refractivity (Wildman–Crippen MR) is 107 cm³/mol. The summed E-state index contributed by atoms with van der Waals surface area (Å²) in [5.74, 6) is 0. The quantitative estimate of drug-likeness (QED) is 0.747. The number of nitrogens with one attached hydrogen (secondary N) is 1. The molecule has 3 rings (SSSR count). The van der Waals surface area contributed by atoms with Crippen LogP contribution in [0, 0.1) is 0 Å². The van der Waals surface area contributed by atoms with Crippen molar-refractivity contribution in [2.75, 3.05) is 13.1 Å². The maximum absolute atomic E-state index is 12.2. The van der Waals surface area contributed by atoms with Crippen molar-refractivity contribution in [2.24, 2.45) is 0 Å². The molecule has 1 atom stereocenters. The van der Waals surface area contributed by atoms with Gasteiger partial charge in [0.05, 0.1) is 19.2 Å². The average molecular weight is 408 g/mol. The van der Waals surface area contributed by atoms with Crippen LogP contribution in [-0.2, 0) is 4.74 Å². The zero-order chi connectivity index (χ0) is 19.6. The van der Waals surface area contributed by atoms with Gasteiger partial charge < -0.3 is 15.0 Å². The molecule has 1 aromatic carbocycles. The summed E-state index contributed by atoms with van der Waals surface area (Å²) in [6, 6.07) is 11.1. The lowest BCUT2D eigenvalue weighted by atomic mass is 10.0. The van der Waals surface area contributed by atoms with Crippen LogP contribution < -0.4 is 5.32 Å². The van der Waals surface area contributed by atoms with Crippen LogP contribution in [0.4, 0.5) is 4.79 Å². The first-order chi connectivity index (χ1) is 12.7. The molecular weight excluding hydrogens is 385 g/mol. The number of nitrogens with zero attached hydrogens (tertiary/aromatic N) is 2. The fourth-order valence-electron chi connectivity index (χ4n) is 2.85. The van der Waals surface area contributed by atoms with Gasteiger partial charge in [-0.3, -0.25) is 0 Å². The van der Waals surface area contributed by atoms with Crippen molar-refractivity contribution in [3.63, 3.8) is 0 Å². The van der Waals surface area contributed by atoms with Gasteiger partial charge in [-0.05, 0) is 44.5 Å². The Balaban J connectivity index is 1.72. The molecule has 1 aliphatic rings. The van der Waals surface area contributed by atoms with Crippen LogP contribution in [0.3, 0.4) is 0 Å². The number of hydrogen-bond donors (Lipinski definition) is 1. The summed E-state index contributed by atoms with van der Waals surface area (Å²) in [4.78, 5) is 18.1. The Bertz CT molecular complexity index is 800. The van der Waals surface area contributed by atoms with Gasteiger partial charge in [-0.1, -0.05) is 41.4 Å². The lowest BCUT2D eigenvalue weighted by Crippen LogP contribution is -2.60. The van der Waals surface area contributed by atoms with Crippen LogP contribution in [0.1, 0.15) is 38.0 Å². The van der Waals surface area contributed by atoms with Gasteiger partial charge in [0.25, 0.3) is 0 Å². The van der Waals surface area contributed by atoms with E-state index in [-0.39, 0.29) is 23.8 Å². The molecule has 1 fully saturated rings. The Hall–Kier alpha value is -1.82. The summed E-state index contributed by atoms with van der Waals surface area (Å²) in [6.07, 6.45) is 1.20. The largest absolute Gasteiger partial charge is 0.362 e. The number of urea groups is 1. The van der Waals surface area contributed by atoms with E-state index in [0.29, 0.717) is 23.3 Å². The molecule has 1 aliphatic heterocycles. The SMILES string of the molecule is CC(C)(C)NC(=O)N1CC(OC(c2ccc(Cl)cc2)c2cccnc2Cl)C1. The first-order valence-corrected chi connectivity index (χ1v) is 9.57. The summed E-state index contributed by atoms with van der Waals surface area (Å²) >= 11 is 12.3. The molecule has 2 aromatic rings. The second-order valence-corrected chi connectivity index (χ2v) is 8.45. The second kappa shape index (κ2) is 8.05. The molecule has 2 heterocycles. The van der Waals surface area contributed by atoms with Crippen molar-refractivity contribution in [3.8, 4) is 0 Å². The molecular formula is C20H23Cl2N3O2. The number of halogens is 2. The van der Waals surface area contributed by atoms with Crippen LogP contribution >= 0.6 is 23.2 Å². The van der Waals surface area contributed by atoms with Crippen LogP contribution in [0.5, 0.6) is 0 Å². The summed E-state index contributed by atoms with van der Waals surface area (Å²) in [5, 5.41) is 4.02. The van der Waals surface area contributed by atoms with E-state index in [1.807, 2.05) is 57.2 Å². The molecule has 27 heavy (non-hydrogen) atoms. The molecule has 0 bridgehead atoms. The smallest absolute Gasteiger partial charge is 0.317 e. The highest BCUT2D eigenvalue weighted by molar-refractivity contribution is 6.30. The van der Waals surface area contributed by atoms with E-state index >= 15 is 0 Å². The first-order valence-electron chi connectivity index (χ1n) is 8.81. The van der Waals surface area contributed by atoms with Crippen LogP contribution in [-0.4, -0.2) is 40.6 Å². The molecule has 1 N–H and O–H groups in total. The number of aromatic nitrogens is 1. The number of pyridine rings is 1. The molecule has 1 aromatic heterocycles. The number of carbonyl (C=O) groups is 1. The number of hydrogen-bond acceptors (Lipinski definition) is 3. The molecule has 0 radical (unpaired) electrons. The van der Waals surface area contributed by atoms with Gasteiger partial charge in [-0.25, -0.2) is 9.78 Å². The van der Waals surface area contributed by atoms with Crippen molar-refractivity contribution in [2.45, 2.75) is 38.5 Å². The zero-order valence-electron chi connectivity index (χ0n) is 15.6. The number of likely N-dealkylation sites (tertiary alicyclic amines) is 1. The third-order valence-electron chi connectivity index (χ3n) is 4.19. The molecule has 5 nitrogen and oxygen atoms in total. The van der Waals surface area contributed by atoms with E-state index in [2.05, 4.69) is 10.3 Å². The molecule has 1 unspecified atom stereocenters. The number of benzene rings is 1. The highest BCUT2D eigenvalue weighted by Gasteiger charge is 2.35. The van der Waals surface area contributed by atoms with Gasteiger partial charge in [-0.15, -0.1) is 0 Å². The average Bonchev–Trinajstić information content (AvgIpc) is 2.54. The Morgan fingerprint density at radius 1 is 1.22 bits per heavy atom. The van der Waals surface area contributed by atoms with Gasteiger partial charge >= 0.3 is 6.03 Å². The third kappa shape index (κ3) is 5.12. The summed E-state index contributed by atoms with van der Waals surface area (Å²) in [5.41, 5.74) is 1.46. The normalized spacial score (nSPS) is 16.0. The van der Waals surface area contributed by atoms with Crippen molar-refractivity contribution in [1.29, 1.82) is 0 Å². The fourth-order valence-corrected chi connectivity index (χ4v) is 3.19. The lowest BCUT2D eigenvalue weighted by Gasteiger charge is -2.41. The van der Waals surface area contributed by atoms with Gasteiger partial charge in [0.2, 0.25) is 0 Å². The van der Waals surface area contributed by atoms with Gasteiger partial charge in [0.15, 0.2) is 0 Å². The van der Waals surface area contributed by atoms with Crippen LogP contribution in [0.25, 0.3) is 0 Å². The molecule has 7 heteroatoms. The van der Waals surface area contributed by atoms with Crippen LogP contribution in [0.15, 0.2) is 42.6 Å². The molecule has 2 amide bonds. The van der Waals surface area contributed by atoms with E-state index in [1.54, 1.807) is 11.1 Å². The lowest BCUT2D eigenvalue weighted by molar-refractivity contribution is -0.0652. The van der Waals surface area contributed by atoms with E-state index in [1.165, 1.54) is 0 Å². The van der Waals surface area contributed by atoms with Crippen molar-refractivity contribution in [3.05, 3.63) is 63.9 Å². The minimum atomic E-state index is -0.374. The molecule has 1 saturated heterocycles. The maximum Gasteiger partial charge on any atom is 0.317 e. The van der Waals surface area contributed by atoms with Crippen molar-refractivity contribution < 1.29 is 9.53 Å². The second-order valence-electron chi connectivity index (χ2n) is 7.66. The Labute approximate surface area is 169 Å². The summed E-state index contributed by atoms with van der Waals surface area (Å²) in [7, 11) is 0.